The van der Waals surface area contributed by atoms with Gasteiger partial charge in [0.05, 0.1) is 18.6 Å². The molecule has 0 aromatic rings. The van der Waals surface area contributed by atoms with E-state index in [1.165, 1.54) is 4.90 Å². The molecular formula is C13H25N3O3. The third-order valence-electron chi connectivity index (χ3n) is 3.40. The van der Waals surface area contributed by atoms with E-state index < -0.39 is 5.60 Å². The number of likely N-dealkylation sites (N-methyl/N-ethyl adjacent to an activating group) is 1. The first kappa shape index (κ1) is 15.9. The minimum atomic E-state index is -0.497. The van der Waals surface area contributed by atoms with Crippen LogP contribution in [-0.2, 0) is 14.3 Å². The van der Waals surface area contributed by atoms with Crippen molar-refractivity contribution in [1.82, 2.24) is 15.1 Å². The number of methoxy groups -OCH3 is 1. The van der Waals surface area contributed by atoms with E-state index in [0.29, 0.717) is 13.1 Å². The van der Waals surface area contributed by atoms with Crippen LogP contribution in [0.2, 0.25) is 0 Å². The topological polar surface area (TPSA) is 61.9 Å². The Kier molecular flexibility index (Phi) is 5.75. The largest absolute Gasteiger partial charge is 0.378 e. The Hall–Kier alpha value is -1.14. The molecule has 2 amide bonds. The van der Waals surface area contributed by atoms with Crippen molar-refractivity contribution in [2.24, 2.45) is 0 Å². The van der Waals surface area contributed by atoms with Crippen LogP contribution in [0.5, 0.6) is 0 Å². The van der Waals surface area contributed by atoms with Crippen molar-refractivity contribution >= 4 is 11.8 Å². The first-order valence-electron chi connectivity index (χ1n) is 6.63. The fourth-order valence-corrected chi connectivity index (χ4v) is 1.88. The van der Waals surface area contributed by atoms with Gasteiger partial charge in [-0.15, -0.1) is 0 Å². The average molecular weight is 271 g/mol. The van der Waals surface area contributed by atoms with E-state index in [-0.39, 0.29) is 24.8 Å². The lowest BCUT2D eigenvalue weighted by atomic mass is 10.0. The van der Waals surface area contributed by atoms with Crippen molar-refractivity contribution in [2.75, 3.05) is 46.9 Å². The van der Waals surface area contributed by atoms with Gasteiger partial charge in [0, 0.05) is 40.3 Å². The number of ether oxygens (including phenoxy) is 1. The van der Waals surface area contributed by atoms with Gasteiger partial charge in [-0.25, -0.2) is 0 Å². The van der Waals surface area contributed by atoms with Gasteiger partial charge in [-0.1, -0.05) is 0 Å². The number of carbonyl (C=O) groups is 2. The van der Waals surface area contributed by atoms with Crippen LogP contribution in [0.3, 0.4) is 0 Å². The summed E-state index contributed by atoms with van der Waals surface area (Å²) in [5.74, 6) is -0.0668. The summed E-state index contributed by atoms with van der Waals surface area (Å²) in [4.78, 5) is 27.3. The van der Waals surface area contributed by atoms with Crippen molar-refractivity contribution < 1.29 is 14.3 Å². The number of amides is 2. The van der Waals surface area contributed by atoms with Crippen molar-refractivity contribution in [3.8, 4) is 0 Å². The highest BCUT2D eigenvalue weighted by atomic mass is 16.5. The molecule has 1 saturated heterocycles. The molecule has 0 unspecified atom stereocenters. The van der Waals surface area contributed by atoms with Gasteiger partial charge in [0.2, 0.25) is 11.8 Å². The van der Waals surface area contributed by atoms with Crippen LogP contribution in [0, 0.1) is 0 Å². The van der Waals surface area contributed by atoms with E-state index in [9.17, 15) is 9.59 Å². The molecule has 0 aromatic carbocycles. The van der Waals surface area contributed by atoms with Crippen molar-refractivity contribution in [2.45, 2.75) is 25.9 Å². The number of piperazine rings is 1. The first-order chi connectivity index (χ1) is 8.85. The SMILES string of the molecule is COC(C)(C)CC(=O)N(C)CC(=O)N1CCNCC1. The number of rotatable bonds is 5. The quantitative estimate of drug-likeness (QED) is 0.745. The molecule has 1 N–H and O–H groups in total. The zero-order valence-electron chi connectivity index (χ0n) is 12.4. The Morgan fingerprint density at radius 1 is 1.32 bits per heavy atom. The van der Waals surface area contributed by atoms with Gasteiger partial charge >= 0.3 is 0 Å². The maximum absolute atomic E-state index is 12.0. The Morgan fingerprint density at radius 3 is 2.42 bits per heavy atom. The highest BCUT2D eigenvalue weighted by molar-refractivity contribution is 5.85. The molecule has 1 aliphatic rings. The average Bonchev–Trinajstić information content (AvgIpc) is 2.39. The van der Waals surface area contributed by atoms with Crippen LogP contribution in [-0.4, -0.2) is 74.1 Å². The van der Waals surface area contributed by atoms with Crippen LogP contribution >= 0.6 is 0 Å². The van der Waals surface area contributed by atoms with Gasteiger partial charge in [-0.2, -0.15) is 0 Å². The van der Waals surface area contributed by atoms with E-state index in [0.717, 1.165) is 13.1 Å². The highest BCUT2D eigenvalue weighted by Gasteiger charge is 2.25. The Morgan fingerprint density at radius 2 is 1.89 bits per heavy atom. The smallest absolute Gasteiger partial charge is 0.242 e. The summed E-state index contributed by atoms with van der Waals surface area (Å²) >= 11 is 0. The van der Waals surface area contributed by atoms with E-state index in [2.05, 4.69) is 5.32 Å². The molecule has 1 aliphatic heterocycles. The Labute approximate surface area is 115 Å². The minimum absolute atomic E-state index is 0.00701. The van der Waals surface area contributed by atoms with E-state index in [1.807, 2.05) is 13.8 Å². The molecule has 0 aliphatic carbocycles. The predicted octanol–water partition coefficient (Wildman–Crippen LogP) is -0.308. The summed E-state index contributed by atoms with van der Waals surface area (Å²) in [6, 6.07) is 0. The van der Waals surface area contributed by atoms with E-state index in [4.69, 9.17) is 4.74 Å². The molecule has 6 heteroatoms. The zero-order chi connectivity index (χ0) is 14.5. The molecular weight excluding hydrogens is 246 g/mol. The molecule has 0 bridgehead atoms. The normalized spacial score (nSPS) is 16.3. The van der Waals surface area contributed by atoms with Crippen molar-refractivity contribution in [1.29, 1.82) is 0 Å². The maximum Gasteiger partial charge on any atom is 0.242 e. The van der Waals surface area contributed by atoms with Crippen LogP contribution in [0.15, 0.2) is 0 Å². The fraction of sp³-hybridized carbons (Fsp3) is 0.846. The van der Waals surface area contributed by atoms with Crippen LogP contribution < -0.4 is 5.32 Å². The van der Waals surface area contributed by atoms with E-state index in [1.54, 1.807) is 19.1 Å². The number of nitrogens with one attached hydrogen (secondary N) is 1. The molecule has 0 spiro atoms. The molecule has 0 aromatic heterocycles. The monoisotopic (exact) mass is 271 g/mol. The standard InChI is InChI=1S/C13H25N3O3/c1-13(2,19-4)9-11(17)15(3)10-12(18)16-7-5-14-6-8-16/h14H,5-10H2,1-4H3. The van der Waals surface area contributed by atoms with Crippen LogP contribution in [0.1, 0.15) is 20.3 Å². The molecule has 1 fully saturated rings. The summed E-state index contributed by atoms with van der Waals surface area (Å²) in [6.07, 6.45) is 0.273. The second-order valence-electron chi connectivity index (χ2n) is 5.52. The van der Waals surface area contributed by atoms with Crippen molar-refractivity contribution in [3.63, 3.8) is 0 Å². The number of nitrogens with zero attached hydrogens (tertiary/aromatic N) is 2. The molecule has 0 atom stereocenters. The third-order valence-corrected chi connectivity index (χ3v) is 3.40. The molecule has 110 valence electrons. The molecule has 1 heterocycles. The van der Waals surface area contributed by atoms with E-state index >= 15 is 0 Å². The molecule has 6 nitrogen and oxygen atoms in total. The van der Waals surface area contributed by atoms with Gasteiger partial charge in [-0.05, 0) is 13.8 Å². The predicted molar refractivity (Wildman–Crippen MR) is 72.8 cm³/mol. The summed E-state index contributed by atoms with van der Waals surface area (Å²) < 4.78 is 5.23. The van der Waals surface area contributed by atoms with Crippen LogP contribution in [0.25, 0.3) is 0 Å². The number of hydrogen-bond donors (Lipinski definition) is 1. The lowest BCUT2D eigenvalue weighted by molar-refractivity contribution is -0.142. The maximum atomic E-state index is 12.0. The first-order valence-corrected chi connectivity index (χ1v) is 6.63. The second-order valence-corrected chi connectivity index (χ2v) is 5.52. The third kappa shape index (κ3) is 5.16. The van der Waals surface area contributed by atoms with Gasteiger partial charge in [0.15, 0.2) is 0 Å². The van der Waals surface area contributed by atoms with Gasteiger partial charge in [0.1, 0.15) is 0 Å². The van der Waals surface area contributed by atoms with Gasteiger partial charge in [0.25, 0.3) is 0 Å². The zero-order valence-corrected chi connectivity index (χ0v) is 12.4. The molecule has 0 radical (unpaired) electrons. The summed E-state index contributed by atoms with van der Waals surface area (Å²) in [5, 5.41) is 3.19. The second kappa shape index (κ2) is 6.86. The summed E-state index contributed by atoms with van der Waals surface area (Å²) in [7, 11) is 3.24. The minimum Gasteiger partial charge on any atom is -0.378 e. The molecule has 0 saturated carbocycles. The fourth-order valence-electron chi connectivity index (χ4n) is 1.88. The van der Waals surface area contributed by atoms with Crippen molar-refractivity contribution in [3.05, 3.63) is 0 Å². The Balaban J connectivity index is 2.42. The lowest BCUT2D eigenvalue weighted by Gasteiger charge is -2.30. The lowest BCUT2D eigenvalue weighted by Crippen LogP contribution is -2.50. The van der Waals surface area contributed by atoms with Gasteiger partial charge < -0.3 is 19.9 Å². The number of carbonyl (C=O) groups excluding carboxylic acids is 2. The molecule has 19 heavy (non-hydrogen) atoms. The van der Waals surface area contributed by atoms with Crippen LogP contribution in [0.4, 0.5) is 0 Å². The summed E-state index contributed by atoms with van der Waals surface area (Å²) in [6.45, 7) is 6.92. The molecule has 1 rings (SSSR count). The highest BCUT2D eigenvalue weighted by Crippen LogP contribution is 2.14. The van der Waals surface area contributed by atoms with Gasteiger partial charge in [-0.3, -0.25) is 9.59 Å². The Bertz CT molecular complexity index is 325. The number of hydrogen-bond acceptors (Lipinski definition) is 4. The summed E-state index contributed by atoms with van der Waals surface area (Å²) in [5.41, 5.74) is -0.497.